The van der Waals surface area contributed by atoms with Gasteiger partial charge in [-0.25, -0.2) is 9.59 Å². The molecule has 8 nitrogen and oxygen atoms in total. The molecule has 1 aliphatic heterocycles. The van der Waals surface area contributed by atoms with Crippen LogP contribution in [0, 0.1) is 0 Å². The molecule has 19 heavy (non-hydrogen) atoms. The summed E-state index contributed by atoms with van der Waals surface area (Å²) in [6, 6.07) is -1.63. The van der Waals surface area contributed by atoms with Crippen molar-refractivity contribution in [1.29, 1.82) is 0 Å². The maximum absolute atomic E-state index is 11.7. The highest BCUT2D eigenvalue weighted by Crippen LogP contribution is 2.17. The van der Waals surface area contributed by atoms with Crippen molar-refractivity contribution in [1.82, 2.24) is 10.2 Å². The van der Waals surface area contributed by atoms with Crippen molar-refractivity contribution in [3.63, 3.8) is 0 Å². The van der Waals surface area contributed by atoms with Gasteiger partial charge in [-0.05, 0) is 6.92 Å². The SMILES string of the molecule is CCOC(=O)CCNC(=O)N1CC(O)C[C@H]1C(=O)O. The van der Waals surface area contributed by atoms with Gasteiger partial charge in [0.1, 0.15) is 6.04 Å². The monoisotopic (exact) mass is 274 g/mol. The van der Waals surface area contributed by atoms with Crippen molar-refractivity contribution in [2.24, 2.45) is 0 Å². The molecule has 0 aromatic heterocycles. The summed E-state index contributed by atoms with van der Waals surface area (Å²) in [6.07, 6.45) is -0.800. The normalized spacial score (nSPS) is 22.1. The Balaban J connectivity index is 2.40. The highest BCUT2D eigenvalue weighted by molar-refractivity contribution is 5.83. The quantitative estimate of drug-likeness (QED) is 0.563. The van der Waals surface area contributed by atoms with E-state index in [0.29, 0.717) is 0 Å². The molecule has 0 aliphatic carbocycles. The molecule has 0 aromatic carbocycles. The second kappa shape index (κ2) is 6.93. The van der Waals surface area contributed by atoms with Crippen LogP contribution < -0.4 is 5.32 Å². The lowest BCUT2D eigenvalue weighted by molar-refractivity contribution is -0.143. The number of carboxylic acids is 1. The average molecular weight is 274 g/mol. The topological polar surface area (TPSA) is 116 Å². The molecule has 8 heteroatoms. The summed E-state index contributed by atoms with van der Waals surface area (Å²) in [5, 5.41) is 20.8. The molecule has 1 aliphatic rings. The van der Waals surface area contributed by atoms with Crippen LogP contribution >= 0.6 is 0 Å². The average Bonchev–Trinajstić information content (AvgIpc) is 2.72. The van der Waals surface area contributed by atoms with E-state index in [4.69, 9.17) is 5.11 Å². The van der Waals surface area contributed by atoms with Crippen LogP contribution in [-0.4, -0.2) is 64.9 Å². The minimum Gasteiger partial charge on any atom is -0.480 e. The van der Waals surface area contributed by atoms with Gasteiger partial charge in [-0.3, -0.25) is 4.79 Å². The standard InChI is InChI=1S/C11H18N2O6/c1-2-19-9(15)3-4-12-11(18)13-6-7(14)5-8(13)10(16)17/h7-8,14H,2-6H2,1H3,(H,12,18)(H,16,17)/t7?,8-/m0/s1. The van der Waals surface area contributed by atoms with Crippen molar-refractivity contribution >= 4 is 18.0 Å². The number of carbonyl (C=O) groups excluding carboxylic acids is 2. The lowest BCUT2D eigenvalue weighted by Crippen LogP contribution is -2.46. The summed E-state index contributed by atoms with van der Waals surface area (Å²) >= 11 is 0. The number of urea groups is 1. The zero-order valence-corrected chi connectivity index (χ0v) is 10.7. The van der Waals surface area contributed by atoms with Crippen molar-refractivity contribution < 1.29 is 29.3 Å². The fourth-order valence-electron chi connectivity index (χ4n) is 1.88. The Morgan fingerprint density at radius 3 is 2.68 bits per heavy atom. The predicted octanol–water partition coefficient (Wildman–Crippen LogP) is -0.831. The Labute approximate surface area is 110 Å². The van der Waals surface area contributed by atoms with Crippen molar-refractivity contribution in [2.75, 3.05) is 19.7 Å². The van der Waals surface area contributed by atoms with E-state index in [2.05, 4.69) is 10.1 Å². The van der Waals surface area contributed by atoms with Crippen LogP contribution in [0.25, 0.3) is 0 Å². The molecule has 1 fully saturated rings. The highest BCUT2D eigenvalue weighted by atomic mass is 16.5. The Morgan fingerprint density at radius 1 is 1.42 bits per heavy atom. The Bertz CT molecular complexity index is 359. The lowest BCUT2D eigenvalue weighted by atomic mass is 10.2. The van der Waals surface area contributed by atoms with Crippen LogP contribution in [0.4, 0.5) is 4.79 Å². The second-order valence-electron chi connectivity index (χ2n) is 4.18. The zero-order valence-electron chi connectivity index (χ0n) is 10.7. The number of amides is 2. The van der Waals surface area contributed by atoms with E-state index in [0.717, 1.165) is 4.90 Å². The fraction of sp³-hybridized carbons (Fsp3) is 0.727. The van der Waals surface area contributed by atoms with Crippen LogP contribution in [0.3, 0.4) is 0 Å². The van der Waals surface area contributed by atoms with Gasteiger partial charge in [-0.15, -0.1) is 0 Å². The summed E-state index contributed by atoms with van der Waals surface area (Å²) in [6.45, 7) is 1.99. The van der Waals surface area contributed by atoms with Gasteiger partial charge in [-0.2, -0.15) is 0 Å². The van der Waals surface area contributed by atoms with Crippen molar-refractivity contribution in [3.05, 3.63) is 0 Å². The third-order valence-electron chi connectivity index (χ3n) is 2.74. The lowest BCUT2D eigenvalue weighted by Gasteiger charge is -2.21. The summed E-state index contributed by atoms with van der Waals surface area (Å²) < 4.78 is 4.69. The Kier molecular flexibility index (Phi) is 5.56. The second-order valence-corrected chi connectivity index (χ2v) is 4.18. The van der Waals surface area contributed by atoms with E-state index >= 15 is 0 Å². The molecule has 0 bridgehead atoms. The summed E-state index contributed by atoms with van der Waals surface area (Å²) in [4.78, 5) is 34.8. The van der Waals surface area contributed by atoms with Crippen LogP contribution in [0.15, 0.2) is 0 Å². The molecule has 2 amide bonds. The maximum Gasteiger partial charge on any atom is 0.326 e. The minimum atomic E-state index is -1.16. The van der Waals surface area contributed by atoms with Gasteiger partial charge in [0, 0.05) is 19.5 Å². The predicted molar refractivity (Wildman–Crippen MR) is 63.4 cm³/mol. The van der Waals surface area contributed by atoms with Gasteiger partial charge in [0.2, 0.25) is 0 Å². The van der Waals surface area contributed by atoms with Crippen LogP contribution in [0.2, 0.25) is 0 Å². The van der Waals surface area contributed by atoms with E-state index in [9.17, 15) is 19.5 Å². The number of esters is 1. The van der Waals surface area contributed by atoms with E-state index in [1.54, 1.807) is 6.92 Å². The van der Waals surface area contributed by atoms with Gasteiger partial charge in [0.05, 0.1) is 19.1 Å². The third kappa shape index (κ3) is 4.40. The summed E-state index contributed by atoms with van der Waals surface area (Å²) in [5.41, 5.74) is 0. The van der Waals surface area contributed by atoms with Crippen molar-refractivity contribution in [2.45, 2.75) is 31.9 Å². The largest absolute Gasteiger partial charge is 0.480 e. The molecule has 3 N–H and O–H groups in total. The minimum absolute atomic E-state index is 0.0145. The number of hydrogen-bond acceptors (Lipinski definition) is 5. The van der Waals surface area contributed by atoms with Gasteiger partial charge in [0.15, 0.2) is 0 Å². The number of carbonyl (C=O) groups is 3. The first-order valence-electron chi connectivity index (χ1n) is 6.06. The molecule has 1 saturated heterocycles. The Hall–Kier alpha value is -1.83. The highest BCUT2D eigenvalue weighted by Gasteiger charge is 2.38. The van der Waals surface area contributed by atoms with Crippen molar-refractivity contribution in [3.8, 4) is 0 Å². The first kappa shape index (κ1) is 15.2. The van der Waals surface area contributed by atoms with E-state index < -0.39 is 30.1 Å². The first-order valence-corrected chi connectivity index (χ1v) is 6.06. The smallest absolute Gasteiger partial charge is 0.326 e. The summed E-state index contributed by atoms with van der Waals surface area (Å²) in [5.74, 6) is -1.59. The van der Waals surface area contributed by atoms with Gasteiger partial charge < -0.3 is 25.2 Å². The number of β-amino-alcohol motifs (C(OH)–C–C–N with tert-alkyl or cyclic N) is 1. The molecule has 108 valence electrons. The molecule has 0 radical (unpaired) electrons. The zero-order chi connectivity index (χ0) is 14.4. The molecule has 1 rings (SSSR count). The number of aliphatic hydroxyl groups is 1. The molecule has 2 atom stereocenters. The molecule has 0 aromatic rings. The van der Waals surface area contributed by atoms with E-state index in [1.165, 1.54) is 0 Å². The number of aliphatic hydroxyl groups excluding tert-OH is 1. The number of nitrogens with one attached hydrogen (secondary N) is 1. The molecule has 1 unspecified atom stereocenters. The van der Waals surface area contributed by atoms with Gasteiger partial charge >= 0.3 is 18.0 Å². The van der Waals surface area contributed by atoms with E-state index in [-0.39, 0.29) is 32.5 Å². The number of hydrogen-bond donors (Lipinski definition) is 3. The van der Waals surface area contributed by atoms with Gasteiger partial charge in [0.25, 0.3) is 0 Å². The number of rotatable bonds is 5. The first-order chi connectivity index (χ1) is 8.95. The number of nitrogens with zero attached hydrogens (tertiary/aromatic N) is 1. The molecular weight excluding hydrogens is 256 g/mol. The van der Waals surface area contributed by atoms with Crippen LogP contribution in [0.5, 0.6) is 0 Å². The van der Waals surface area contributed by atoms with Crippen LogP contribution in [0.1, 0.15) is 19.8 Å². The number of likely N-dealkylation sites (tertiary alicyclic amines) is 1. The van der Waals surface area contributed by atoms with Crippen LogP contribution in [-0.2, 0) is 14.3 Å². The fourth-order valence-corrected chi connectivity index (χ4v) is 1.88. The number of carboxylic acid groups (broad SMARTS) is 1. The Morgan fingerprint density at radius 2 is 2.11 bits per heavy atom. The number of ether oxygens (including phenoxy) is 1. The van der Waals surface area contributed by atoms with Gasteiger partial charge in [-0.1, -0.05) is 0 Å². The third-order valence-corrected chi connectivity index (χ3v) is 2.74. The maximum atomic E-state index is 11.7. The molecule has 0 spiro atoms. The molecule has 1 heterocycles. The number of aliphatic carboxylic acids is 1. The van der Waals surface area contributed by atoms with E-state index in [1.807, 2.05) is 0 Å². The summed E-state index contributed by atoms with van der Waals surface area (Å²) in [7, 11) is 0. The molecule has 0 saturated carbocycles. The molecular formula is C11H18N2O6.